The first-order valence-corrected chi connectivity index (χ1v) is 10.9. The van der Waals surface area contributed by atoms with Crippen LogP contribution in [0.3, 0.4) is 0 Å². The minimum atomic E-state index is 1.18. The van der Waals surface area contributed by atoms with Crippen molar-refractivity contribution in [1.82, 2.24) is 4.90 Å². The van der Waals surface area contributed by atoms with Crippen LogP contribution in [0.4, 0.5) is 0 Å². The molecule has 1 heterocycles. The highest BCUT2D eigenvalue weighted by Gasteiger charge is 2.27. The first-order chi connectivity index (χ1) is 10.8. The summed E-state index contributed by atoms with van der Waals surface area (Å²) < 4.78 is 2.63. The molecule has 130 valence electrons. The van der Waals surface area contributed by atoms with E-state index in [2.05, 4.69) is 42.0 Å². The van der Waals surface area contributed by atoms with Crippen LogP contribution in [0.2, 0.25) is 0 Å². The Labute approximate surface area is 143 Å². The van der Waals surface area contributed by atoms with Gasteiger partial charge in [0.15, 0.2) is 0 Å². The van der Waals surface area contributed by atoms with E-state index in [0.29, 0.717) is 0 Å². The number of thioether (sulfide) groups is 1. The molecule has 22 heavy (non-hydrogen) atoms. The van der Waals surface area contributed by atoms with Gasteiger partial charge in [0, 0.05) is 6.42 Å². The molecule has 0 N–H and O–H groups in total. The molecule has 2 nitrogen and oxygen atoms in total. The minimum Gasteiger partial charge on any atom is -0.262 e. The first kappa shape index (κ1) is 19.9. The fourth-order valence-corrected chi connectivity index (χ4v) is 4.27. The third-order valence-corrected chi connectivity index (χ3v) is 5.69. The summed E-state index contributed by atoms with van der Waals surface area (Å²) in [6, 6.07) is 0. The minimum absolute atomic E-state index is 1.18. The van der Waals surface area contributed by atoms with Crippen LogP contribution in [0, 0.1) is 0 Å². The summed E-state index contributed by atoms with van der Waals surface area (Å²) in [6.07, 6.45) is 14.0. The predicted octanol–water partition coefficient (Wildman–Crippen LogP) is 5.36. The van der Waals surface area contributed by atoms with Gasteiger partial charge >= 0.3 is 0 Å². The van der Waals surface area contributed by atoms with E-state index in [0.717, 1.165) is 0 Å². The maximum Gasteiger partial charge on any atom is 0.247 e. The maximum absolute atomic E-state index is 2.63. The average Bonchev–Trinajstić information content (AvgIpc) is 2.92. The number of rotatable bonds is 14. The molecule has 0 atom stereocenters. The molecule has 0 amide bonds. The molecule has 0 saturated heterocycles. The third kappa shape index (κ3) is 7.89. The zero-order chi connectivity index (χ0) is 16.0. The van der Waals surface area contributed by atoms with Crippen LogP contribution in [0.15, 0.2) is 0 Å². The molecule has 0 saturated carbocycles. The number of likely N-dealkylation sites (N-methyl/N-ethyl adjacent to an activating group) is 1. The van der Waals surface area contributed by atoms with Crippen LogP contribution in [-0.4, -0.2) is 46.6 Å². The van der Waals surface area contributed by atoms with E-state index in [9.17, 15) is 0 Å². The highest BCUT2D eigenvalue weighted by molar-refractivity contribution is 7.99. The second-order valence-corrected chi connectivity index (χ2v) is 7.60. The van der Waals surface area contributed by atoms with E-state index < -0.39 is 0 Å². The van der Waals surface area contributed by atoms with Crippen LogP contribution in [0.5, 0.6) is 0 Å². The van der Waals surface area contributed by atoms with E-state index in [1.807, 2.05) is 0 Å². The smallest absolute Gasteiger partial charge is 0.247 e. The lowest BCUT2D eigenvalue weighted by molar-refractivity contribution is -0.498. The second kappa shape index (κ2) is 13.3. The van der Waals surface area contributed by atoms with Crippen molar-refractivity contribution in [2.75, 3.05) is 31.3 Å². The van der Waals surface area contributed by atoms with Gasteiger partial charge in [0.1, 0.15) is 19.0 Å². The molecular formula is C19H39N2S+. The van der Waals surface area contributed by atoms with Gasteiger partial charge in [0.2, 0.25) is 5.84 Å². The summed E-state index contributed by atoms with van der Waals surface area (Å²) in [5, 5.41) is 0. The zero-order valence-electron chi connectivity index (χ0n) is 15.4. The molecule has 0 bridgehead atoms. The Bertz CT molecular complexity index is 302. The fraction of sp³-hybridized carbons (Fsp3) is 0.947. The highest BCUT2D eigenvalue weighted by Crippen LogP contribution is 2.14. The highest BCUT2D eigenvalue weighted by atomic mass is 32.2. The Hall–Kier alpha value is -0.180. The Kier molecular flexibility index (Phi) is 12.0. The Morgan fingerprint density at radius 3 is 2.23 bits per heavy atom. The summed E-state index contributed by atoms with van der Waals surface area (Å²) in [6.45, 7) is 10.5. The number of amidine groups is 1. The van der Waals surface area contributed by atoms with Crippen LogP contribution >= 0.6 is 11.8 Å². The molecule has 0 spiro atoms. The van der Waals surface area contributed by atoms with Gasteiger partial charge in [-0.2, -0.15) is 0 Å². The van der Waals surface area contributed by atoms with Crippen molar-refractivity contribution >= 4 is 17.6 Å². The van der Waals surface area contributed by atoms with Crippen LogP contribution in [0.1, 0.15) is 85.0 Å². The largest absolute Gasteiger partial charge is 0.262 e. The molecule has 0 aromatic heterocycles. The normalized spacial score (nSPS) is 15.1. The molecule has 1 aliphatic rings. The zero-order valence-corrected chi connectivity index (χ0v) is 16.2. The monoisotopic (exact) mass is 327 g/mol. The SMILES string of the molecule is CCCCCCCCCCSC[N+]1=C(CCC)N(CC)CC1. The number of hydrogen-bond acceptors (Lipinski definition) is 2. The van der Waals surface area contributed by atoms with E-state index in [1.54, 1.807) is 5.84 Å². The Morgan fingerprint density at radius 1 is 0.909 bits per heavy atom. The van der Waals surface area contributed by atoms with Crippen molar-refractivity contribution in [2.45, 2.75) is 85.0 Å². The maximum atomic E-state index is 2.63. The van der Waals surface area contributed by atoms with Gasteiger partial charge < -0.3 is 0 Å². The summed E-state index contributed by atoms with van der Waals surface area (Å²) >= 11 is 2.14. The van der Waals surface area contributed by atoms with E-state index in [4.69, 9.17) is 0 Å². The second-order valence-electron chi connectivity index (χ2n) is 6.52. The molecule has 0 aromatic carbocycles. The Balaban J connectivity index is 2.05. The molecule has 0 fully saturated rings. The lowest BCUT2D eigenvalue weighted by atomic mass is 10.1. The average molecular weight is 328 g/mol. The van der Waals surface area contributed by atoms with E-state index in [1.165, 1.54) is 95.5 Å². The topological polar surface area (TPSA) is 6.25 Å². The van der Waals surface area contributed by atoms with Gasteiger partial charge in [-0.25, -0.2) is 0 Å². The van der Waals surface area contributed by atoms with Gasteiger partial charge in [-0.3, -0.25) is 9.48 Å². The Morgan fingerprint density at radius 2 is 1.59 bits per heavy atom. The predicted molar refractivity (Wildman–Crippen MR) is 102 cm³/mol. The molecule has 0 aromatic rings. The fourth-order valence-electron chi connectivity index (χ4n) is 3.23. The third-order valence-electron chi connectivity index (χ3n) is 4.61. The number of hydrogen-bond donors (Lipinski definition) is 0. The molecular weight excluding hydrogens is 288 g/mol. The molecule has 0 radical (unpaired) electrons. The van der Waals surface area contributed by atoms with Crippen molar-refractivity contribution in [1.29, 1.82) is 0 Å². The van der Waals surface area contributed by atoms with E-state index in [-0.39, 0.29) is 0 Å². The van der Waals surface area contributed by atoms with E-state index >= 15 is 0 Å². The van der Waals surface area contributed by atoms with Crippen molar-refractivity contribution in [3.63, 3.8) is 0 Å². The number of unbranched alkanes of at least 4 members (excludes halogenated alkanes) is 7. The molecule has 0 unspecified atom stereocenters. The molecule has 3 heteroatoms. The quantitative estimate of drug-likeness (QED) is 0.313. The summed E-state index contributed by atoms with van der Waals surface area (Å²) in [4.78, 5) is 2.57. The van der Waals surface area contributed by atoms with Crippen molar-refractivity contribution in [3.8, 4) is 0 Å². The van der Waals surface area contributed by atoms with Gasteiger partial charge in [-0.05, 0) is 25.5 Å². The lowest BCUT2D eigenvalue weighted by Crippen LogP contribution is -2.29. The molecule has 1 rings (SSSR count). The van der Waals surface area contributed by atoms with Crippen LogP contribution in [0.25, 0.3) is 0 Å². The van der Waals surface area contributed by atoms with Crippen molar-refractivity contribution in [2.24, 2.45) is 0 Å². The summed E-state index contributed by atoms with van der Waals surface area (Å²) in [7, 11) is 0. The lowest BCUT2D eigenvalue weighted by Gasteiger charge is -2.10. The van der Waals surface area contributed by atoms with Gasteiger partial charge in [-0.15, -0.1) is 11.8 Å². The summed E-state index contributed by atoms with van der Waals surface area (Å²) in [5.41, 5.74) is 0. The van der Waals surface area contributed by atoms with Crippen LogP contribution in [-0.2, 0) is 0 Å². The number of nitrogens with zero attached hydrogens (tertiary/aromatic N) is 2. The standard InChI is InChI=1S/C19H39N2S/c1-4-7-8-9-10-11-12-13-17-22-18-21-16-15-20(6-3)19(21)14-5-2/h4-18H2,1-3H3/q+1. The molecule has 0 aliphatic carbocycles. The first-order valence-electron chi connectivity index (χ1n) is 9.76. The van der Waals surface area contributed by atoms with Gasteiger partial charge in [0.05, 0.1) is 6.54 Å². The van der Waals surface area contributed by atoms with Crippen LogP contribution < -0.4 is 0 Å². The summed E-state index contributed by atoms with van der Waals surface area (Å²) in [5.74, 6) is 4.16. The molecule has 1 aliphatic heterocycles. The van der Waals surface area contributed by atoms with Crippen molar-refractivity contribution < 1.29 is 4.58 Å². The van der Waals surface area contributed by atoms with Crippen molar-refractivity contribution in [3.05, 3.63) is 0 Å². The van der Waals surface area contributed by atoms with Gasteiger partial charge in [-0.1, -0.05) is 58.8 Å². The van der Waals surface area contributed by atoms with Gasteiger partial charge in [0.25, 0.3) is 0 Å².